The van der Waals surface area contributed by atoms with Crippen molar-refractivity contribution in [2.75, 3.05) is 6.54 Å². The molecule has 27 heavy (non-hydrogen) atoms. The summed E-state index contributed by atoms with van der Waals surface area (Å²) < 4.78 is 68.0. The molecule has 1 amide bonds. The summed E-state index contributed by atoms with van der Waals surface area (Å²) in [5.41, 5.74) is -6.51. The predicted octanol–water partition coefficient (Wildman–Crippen LogP) is 2.57. The molecule has 1 N–H and O–H groups in total. The average Bonchev–Trinajstić information content (AvgIpc) is 2.55. The van der Waals surface area contributed by atoms with Gasteiger partial charge in [0.05, 0.1) is 10.9 Å². The maximum absolute atomic E-state index is 12.9. The van der Waals surface area contributed by atoms with Gasteiger partial charge < -0.3 is 14.7 Å². The van der Waals surface area contributed by atoms with Crippen molar-refractivity contribution in [1.29, 1.82) is 0 Å². The fraction of sp³-hybridized carbons (Fsp3) is 0.588. The number of hydrogen-bond donors (Lipinski definition) is 1. The highest BCUT2D eigenvalue weighted by molar-refractivity contribution is 7.92. The van der Waals surface area contributed by atoms with Gasteiger partial charge in [0.15, 0.2) is 0 Å². The summed E-state index contributed by atoms with van der Waals surface area (Å²) >= 11 is 0. The topological polar surface area (TPSA) is 83.9 Å². The van der Waals surface area contributed by atoms with Crippen molar-refractivity contribution in [3.8, 4) is 5.75 Å². The Bertz CT molecular complexity index is 866. The number of sulfone groups is 1. The number of ether oxygens (including phenoxy) is 1. The lowest BCUT2D eigenvalue weighted by Crippen LogP contribution is -2.55. The molecule has 3 rings (SSSR count). The minimum Gasteiger partial charge on any atom is -0.485 e. The van der Waals surface area contributed by atoms with E-state index in [1.807, 2.05) is 0 Å². The number of likely N-dealkylation sites (tertiary alicyclic amines) is 1. The van der Waals surface area contributed by atoms with Crippen LogP contribution >= 0.6 is 0 Å². The highest BCUT2D eigenvalue weighted by atomic mass is 32.2. The second-order valence-electron chi connectivity index (χ2n) is 7.29. The number of carbonyl (C=O) groups excluding carboxylic acids is 1. The number of carbonyl (C=O) groups is 1. The minimum absolute atomic E-state index is 0.0578. The van der Waals surface area contributed by atoms with Crippen LogP contribution in [-0.4, -0.2) is 48.1 Å². The predicted molar refractivity (Wildman–Crippen MR) is 88.7 cm³/mol. The molecule has 0 spiro atoms. The van der Waals surface area contributed by atoms with Gasteiger partial charge in [-0.25, -0.2) is 8.42 Å². The number of nitrogens with zero attached hydrogens (tertiary/aromatic N) is 1. The van der Waals surface area contributed by atoms with Gasteiger partial charge in [0.1, 0.15) is 17.5 Å². The molecule has 1 aromatic carbocycles. The second-order valence-corrected chi connectivity index (χ2v) is 9.23. The van der Waals surface area contributed by atoms with Crippen LogP contribution in [0.3, 0.4) is 0 Å². The Morgan fingerprint density at radius 2 is 1.93 bits per heavy atom. The summed E-state index contributed by atoms with van der Waals surface area (Å²) in [5, 5.41) is 10.8. The maximum atomic E-state index is 12.9. The molecule has 6 nitrogen and oxygen atoms in total. The molecule has 0 aromatic heterocycles. The lowest BCUT2D eigenvalue weighted by Gasteiger charge is -2.47. The van der Waals surface area contributed by atoms with E-state index in [9.17, 15) is 31.5 Å². The van der Waals surface area contributed by atoms with E-state index in [0.717, 1.165) is 18.2 Å². The molecule has 1 saturated heterocycles. The number of aliphatic hydroxyl groups excluding tert-OH is 1. The first-order chi connectivity index (χ1) is 12.4. The van der Waals surface area contributed by atoms with Gasteiger partial charge in [-0.05, 0) is 44.9 Å². The van der Waals surface area contributed by atoms with Crippen molar-refractivity contribution < 1.29 is 36.2 Å². The zero-order chi connectivity index (χ0) is 20.2. The van der Waals surface area contributed by atoms with Crippen molar-refractivity contribution in [1.82, 2.24) is 4.90 Å². The Morgan fingerprint density at radius 1 is 1.26 bits per heavy atom. The summed E-state index contributed by atoms with van der Waals surface area (Å²) in [6, 6.07) is 1.83. The Labute approximate surface area is 154 Å². The standard InChI is InChI=1S/C17H20F3NO5S/c1-16(2)15(23)14(21-8-4-3-5-13(21)22)11-9-10(6-7-12(11)26-16)27(24,25)17(18,19)20/h6-7,9,14-15,23H,3-5,8H2,1-2H3. The quantitative estimate of drug-likeness (QED) is 0.815. The second kappa shape index (κ2) is 6.37. The number of piperidine rings is 1. The maximum Gasteiger partial charge on any atom is 0.501 e. The molecule has 2 atom stereocenters. The van der Waals surface area contributed by atoms with E-state index in [-0.39, 0.29) is 23.6 Å². The molecular weight excluding hydrogens is 387 g/mol. The number of aliphatic hydroxyl groups is 1. The van der Waals surface area contributed by atoms with Gasteiger partial charge in [-0.2, -0.15) is 13.2 Å². The van der Waals surface area contributed by atoms with Gasteiger partial charge in [-0.3, -0.25) is 4.79 Å². The number of rotatable bonds is 2. The van der Waals surface area contributed by atoms with Gasteiger partial charge >= 0.3 is 5.51 Å². The molecule has 2 aliphatic heterocycles. The third kappa shape index (κ3) is 3.29. The Morgan fingerprint density at radius 3 is 2.52 bits per heavy atom. The first-order valence-corrected chi connectivity index (χ1v) is 9.96. The van der Waals surface area contributed by atoms with Crippen LogP contribution in [-0.2, 0) is 14.6 Å². The van der Waals surface area contributed by atoms with E-state index in [0.29, 0.717) is 19.4 Å². The highest BCUT2D eigenvalue weighted by Gasteiger charge is 2.50. The van der Waals surface area contributed by atoms with Gasteiger partial charge in [0.25, 0.3) is 9.84 Å². The van der Waals surface area contributed by atoms with Gasteiger partial charge in [0, 0.05) is 18.5 Å². The molecule has 150 valence electrons. The summed E-state index contributed by atoms with van der Waals surface area (Å²) in [4.78, 5) is 12.8. The number of halogens is 3. The van der Waals surface area contributed by atoms with E-state index in [1.165, 1.54) is 4.90 Å². The molecule has 0 radical (unpaired) electrons. The van der Waals surface area contributed by atoms with Crippen molar-refractivity contribution >= 4 is 15.7 Å². The lowest BCUT2D eigenvalue weighted by molar-refractivity contribution is -0.147. The molecule has 0 aliphatic carbocycles. The van der Waals surface area contributed by atoms with Gasteiger partial charge in [-0.1, -0.05) is 0 Å². The molecule has 0 bridgehead atoms. The molecule has 10 heteroatoms. The normalized spacial score (nSPS) is 25.7. The SMILES string of the molecule is CC1(C)Oc2ccc(S(=O)(=O)C(F)(F)F)cc2C(N2CCCCC2=O)C1O. The van der Waals surface area contributed by atoms with Crippen molar-refractivity contribution in [3.63, 3.8) is 0 Å². The zero-order valence-corrected chi connectivity index (χ0v) is 15.6. The number of alkyl halides is 3. The zero-order valence-electron chi connectivity index (χ0n) is 14.8. The van der Waals surface area contributed by atoms with Gasteiger partial charge in [-0.15, -0.1) is 0 Å². The van der Waals surface area contributed by atoms with E-state index >= 15 is 0 Å². The van der Waals surface area contributed by atoms with Crippen LogP contribution in [0.2, 0.25) is 0 Å². The fourth-order valence-electron chi connectivity index (χ4n) is 3.50. The molecule has 2 aliphatic rings. The molecular formula is C17H20F3NO5S. The largest absolute Gasteiger partial charge is 0.501 e. The van der Waals surface area contributed by atoms with Crippen LogP contribution in [0.4, 0.5) is 13.2 Å². The Kier molecular flexibility index (Phi) is 4.70. The van der Waals surface area contributed by atoms with Crippen molar-refractivity contribution in [2.45, 2.75) is 61.3 Å². The summed E-state index contributed by atoms with van der Waals surface area (Å²) in [6.45, 7) is 3.52. The third-order valence-corrected chi connectivity index (χ3v) is 6.48. The van der Waals surface area contributed by atoms with Crippen molar-refractivity contribution in [2.24, 2.45) is 0 Å². The van der Waals surface area contributed by atoms with Gasteiger partial charge in [0.2, 0.25) is 5.91 Å². The molecule has 2 unspecified atom stereocenters. The molecule has 2 heterocycles. The average molecular weight is 407 g/mol. The number of amides is 1. The van der Waals surface area contributed by atoms with E-state index < -0.39 is 38.0 Å². The number of fused-ring (bicyclic) bond motifs is 1. The Balaban J connectivity index is 2.16. The summed E-state index contributed by atoms with van der Waals surface area (Å²) in [7, 11) is -5.56. The number of hydrogen-bond acceptors (Lipinski definition) is 5. The van der Waals surface area contributed by atoms with Crippen molar-refractivity contribution in [3.05, 3.63) is 23.8 Å². The fourth-order valence-corrected chi connectivity index (χ4v) is 4.30. The first kappa shape index (κ1) is 19.9. The smallest absolute Gasteiger partial charge is 0.485 e. The minimum atomic E-state index is -5.56. The monoisotopic (exact) mass is 407 g/mol. The summed E-state index contributed by atoms with van der Waals surface area (Å²) in [5.74, 6) is -0.0900. The lowest BCUT2D eigenvalue weighted by atomic mass is 9.84. The van der Waals surface area contributed by atoms with E-state index in [1.54, 1.807) is 13.8 Å². The first-order valence-electron chi connectivity index (χ1n) is 8.48. The van der Waals surface area contributed by atoms with Crippen LogP contribution in [0.1, 0.15) is 44.7 Å². The molecule has 1 fully saturated rings. The summed E-state index contributed by atoms with van der Waals surface area (Å²) in [6.07, 6.45) is 0.399. The highest BCUT2D eigenvalue weighted by Crippen LogP contribution is 2.45. The molecule has 0 saturated carbocycles. The number of benzene rings is 1. The third-order valence-electron chi connectivity index (χ3n) is 5.00. The van der Waals surface area contributed by atoms with Crippen LogP contribution in [0.15, 0.2) is 23.1 Å². The van der Waals surface area contributed by atoms with E-state index in [4.69, 9.17) is 4.74 Å². The van der Waals surface area contributed by atoms with Crippen LogP contribution in [0.5, 0.6) is 5.75 Å². The molecule has 1 aromatic rings. The van der Waals surface area contributed by atoms with Crippen LogP contribution in [0.25, 0.3) is 0 Å². The van der Waals surface area contributed by atoms with Crippen LogP contribution < -0.4 is 4.74 Å². The Hall–Kier alpha value is -1.81. The van der Waals surface area contributed by atoms with Crippen LogP contribution in [0, 0.1) is 0 Å². The van der Waals surface area contributed by atoms with E-state index in [2.05, 4.69) is 0 Å².